The average Bonchev–Trinajstić information content (AvgIpc) is 2.28. The lowest BCUT2D eigenvalue weighted by atomic mass is 9.95. The van der Waals surface area contributed by atoms with E-state index in [9.17, 15) is 9.59 Å². The molecule has 0 aliphatic carbocycles. The molecule has 1 rings (SSSR count). The molecule has 0 aliphatic heterocycles. The van der Waals surface area contributed by atoms with Crippen LogP contribution in [0, 0.1) is 9.49 Å². The van der Waals surface area contributed by atoms with Crippen LogP contribution in [0.15, 0.2) is 18.2 Å². The quantitative estimate of drug-likeness (QED) is 0.627. The largest absolute Gasteiger partial charge is 0.481 e. The Morgan fingerprint density at radius 1 is 1.39 bits per heavy atom. The van der Waals surface area contributed by atoms with Gasteiger partial charge in [-0.3, -0.25) is 9.59 Å². The predicted molar refractivity (Wildman–Crippen MR) is 78.7 cm³/mol. The Bertz CT molecular complexity index is 454. The van der Waals surface area contributed by atoms with Gasteiger partial charge in [0.15, 0.2) is 0 Å². The zero-order valence-electron chi connectivity index (χ0n) is 10.6. The predicted octanol–water partition coefficient (Wildman–Crippen LogP) is 3.08. The van der Waals surface area contributed by atoms with Crippen LogP contribution in [0.2, 0.25) is 0 Å². The van der Waals surface area contributed by atoms with E-state index in [-0.39, 0.29) is 18.1 Å². The number of ketones is 1. The topological polar surface area (TPSA) is 54.4 Å². The summed E-state index contributed by atoms with van der Waals surface area (Å²) in [5, 5.41) is 8.59. The summed E-state index contributed by atoms with van der Waals surface area (Å²) in [6.07, 6.45) is 1.21. The van der Waals surface area contributed by atoms with Gasteiger partial charge in [-0.15, -0.1) is 0 Å². The summed E-state index contributed by atoms with van der Waals surface area (Å²) in [6.45, 7) is 3.89. The molecule has 1 N–H and O–H groups in total. The molecule has 1 unspecified atom stereocenters. The van der Waals surface area contributed by atoms with Gasteiger partial charge in [0.25, 0.3) is 0 Å². The van der Waals surface area contributed by atoms with Crippen molar-refractivity contribution in [2.24, 2.45) is 5.92 Å². The maximum Gasteiger partial charge on any atom is 0.310 e. The summed E-state index contributed by atoms with van der Waals surface area (Å²) in [5.74, 6) is -1.51. The monoisotopic (exact) mass is 360 g/mol. The van der Waals surface area contributed by atoms with Crippen LogP contribution in [0.4, 0.5) is 0 Å². The molecular weight excluding hydrogens is 343 g/mol. The smallest absolute Gasteiger partial charge is 0.310 e. The number of hydrogen-bond donors (Lipinski definition) is 1. The minimum Gasteiger partial charge on any atom is -0.481 e. The fraction of sp³-hybridized carbons (Fsp3) is 0.429. The molecule has 0 heterocycles. The Morgan fingerprint density at radius 3 is 2.56 bits per heavy atom. The van der Waals surface area contributed by atoms with Crippen molar-refractivity contribution < 1.29 is 14.7 Å². The molecule has 0 saturated heterocycles. The van der Waals surface area contributed by atoms with Crippen LogP contribution in [0.1, 0.15) is 31.4 Å². The molecule has 0 amide bonds. The molecule has 0 saturated carbocycles. The summed E-state index contributed by atoms with van der Waals surface area (Å²) in [7, 11) is 0. The van der Waals surface area contributed by atoms with Gasteiger partial charge < -0.3 is 5.11 Å². The van der Waals surface area contributed by atoms with Crippen molar-refractivity contribution in [2.75, 3.05) is 0 Å². The van der Waals surface area contributed by atoms with Crippen LogP contribution in [0.25, 0.3) is 0 Å². The standard InChI is InChI=1S/C14H17IO3/c1-3-11-5-4-10(7-12(11)15)6-9(2)13(16)8-14(17)18/h4-5,7,9H,3,6,8H2,1-2H3,(H,17,18). The van der Waals surface area contributed by atoms with E-state index < -0.39 is 5.97 Å². The van der Waals surface area contributed by atoms with Gasteiger partial charge in [0, 0.05) is 9.49 Å². The van der Waals surface area contributed by atoms with Crippen molar-refractivity contribution in [2.45, 2.75) is 33.1 Å². The van der Waals surface area contributed by atoms with Crippen molar-refractivity contribution in [3.63, 3.8) is 0 Å². The van der Waals surface area contributed by atoms with Crippen molar-refractivity contribution in [3.05, 3.63) is 32.9 Å². The highest BCUT2D eigenvalue weighted by atomic mass is 127. The molecule has 98 valence electrons. The summed E-state index contributed by atoms with van der Waals surface area (Å²) in [5.41, 5.74) is 2.38. The second kappa shape index (κ2) is 6.87. The number of Topliss-reactive ketones (excluding diaryl/α,β-unsaturated/α-hetero) is 1. The molecule has 0 aromatic heterocycles. The first-order valence-corrected chi connectivity index (χ1v) is 7.03. The Morgan fingerprint density at radius 2 is 2.06 bits per heavy atom. The lowest BCUT2D eigenvalue weighted by molar-refractivity contribution is -0.141. The third kappa shape index (κ3) is 4.40. The van der Waals surface area contributed by atoms with Crippen molar-refractivity contribution in [1.82, 2.24) is 0 Å². The number of rotatable bonds is 6. The van der Waals surface area contributed by atoms with Gasteiger partial charge in [0.1, 0.15) is 12.2 Å². The molecule has 0 fully saturated rings. The molecule has 0 radical (unpaired) electrons. The van der Waals surface area contributed by atoms with Crippen molar-refractivity contribution >= 4 is 34.3 Å². The van der Waals surface area contributed by atoms with Crippen LogP contribution >= 0.6 is 22.6 Å². The van der Waals surface area contributed by atoms with E-state index in [0.717, 1.165) is 12.0 Å². The van der Waals surface area contributed by atoms with E-state index in [1.165, 1.54) is 9.13 Å². The first kappa shape index (κ1) is 15.1. The summed E-state index contributed by atoms with van der Waals surface area (Å²) in [4.78, 5) is 22.1. The highest BCUT2D eigenvalue weighted by Gasteiger charge is 2.16. The highest BCUT2D eigenvalue weighted by molar-refractivity contribution is 14.1. The van der Waals surface area contributed by atoms with E-state index >= 15 is 0 Å². The third-order valence-electron chi connectivity index (χ3n) is 2.92. The van der Waals surface area contributed by atoms with Gasteiger partial charge in [-0.1, -0.05) is 26.0 Å². The number of hydrogen-bond acceptors (Lipinski definition) is 2. The van der Waals surface area contributed by atoms with Crippen molar-refractivity contribution in [1.29, 1.82) is 0 Å². The van der Waals surface area contributed by atoms with E-state index in [1.54, 1.807) is 6.92 Å². The molecular formula is C14H17IO3. The van der Waals surface area contributed by atoms with Gasteiger partial charge in [0.2, 0.25) is 0 Å². The highest BCUT2D eigenvalue weighted by Crippen LogP contribution is 2.18. The fourth-order valence-electron chi connectivity index (χ4n) is 1.80. The first-order valence-electron chi connectivity index (χ1n) is 5.95. The number of aryl methyl sites for hydroxylation is 1. The molecule has 1 aromatic carbocycles. The molecule has 1 aromatic rings. The van der Waals surface area contributed by atoms with Crippen LogP contribution in [-0.2, 0) is 22.4 Å². The van der Waals surface area contributed by atoms with Gasteiger partial charge in [-0.25, -0.2) is 0 Å². The molecule has 0 bridgehead atoms. The van der Waals surface area contributed by atoms with Gasteiger partial charge in [-0.05, 0) is 52.6 Å². The van der Waals surface area contributed by atoms with Crippen molar-refractivity contribution in [3.8, 4) is 0 Å². The maximum absolute atomic E-state index is 11.6. The first-order chi connectivity index (χ1) is 8.43. The number of carboxylic acids is 1. The summed E-state index contributed by atoms with van der Waals surface area (Å²) in [6, 6.07) is 6.17. The van der Waals surface area contributed by atoms with Gasteiger partial charge >= 0.3 is 5.97 Å². The van der Waals surface area contributed by atoms with Gasteiger partial charge in [-0.2, -0.15) is 0 Å². The minimum absolute atomic E-state index is 0.211. The van der Waals surface area contributed by atoms with Crippen LogP contribution in [-0.4, -0.2) is 16.9 Å². The maximum atomic E-state index is 11.6. The molecule has 1 atom stereocenters. The normalized spacial score (nSPS) is 12.2. The molecule has 4 heteroatoms. The fourth-order valence-corrected chi connectivity index (χ4v) is 2.76. The molecule has 0 aliphatic rings. The van der Waals surface area contributed by atoms with E-state index in [2.05, 4.69) is 41.6 Å². The number of carbonyl (C=O) groups is 2. The number of carboxylic acid groups (broad SMARTS) is 1. The van der Waals surface area contributed by atoms with E-state index in [0.29, 0.717) is 6.42 Å². The summed E-state index contributed by atoms with van der Waals surface area (Å²) >= 11 is 2.29. The zero-order valence-corrected chi connectivity index (χ0v) is 12.7. The number of aliphatic carboxylic acids is 1. The lowest BCUT2D eigenvalue weighted by Gasteiger charge is -2.10. The van der Waals surface area contributed by atoms with E-state index in [4.69, 9.17) is 5.11 Å². The Hall–Kier alpha value is -0.910. The average molecular weight is 360 g/mol. The number of halogens is 1. The summed E-state index contributed by atoms with van der Waals surface area (Å²) < 4.78 is 1.20. The Kier molecular flexibility index (Phi) is 5.78. The number of benzene rings is 1. The third-order valence-corrected chi connectivity index (χ3v) is 3.92. The minimum atomic E-state index is -1.05. The Labute approximate surface area is 121 Å². The van der Waals surface area contributed by atoms with E-state index in [1.807, 2.05) is 6.07 Å². The van der Waals surface area contributed by atoms with Crippen LogP contribution in [0.5, 0.6) is 0 Å². The second-order valence-electron chi connectivity index (χ2n) is 4.42. The SMILES string of the molecule is CCc1ccc(CC(C)C(=O)CC(=O)O)cc1I. The molecule has 18 heavy (non-hydrogen) atoms. The molecule has 3 nitrogen and oxygen atoms in total. The lowest BCUT2D eigenvalue weighted by Crippen LogP contribution is -2.17. The number of carbonyl (C=O) groups excluding carboxylic acids is 1. The second-order valence-corrected chi connectivity index (χ2v) is 5.58. The molecule has 0 spiro atoms. The van der Waals surface area contributed by atoms with Crippen LogP contribution in [0.3, 0.4) is 0 Å². The Balaban J connectivity index is 2.70. The van der Waals surface area contributed by atoms with Crippen LogP contribution < -0.4 is 0 Å². The zero-order chi connectivity index (χ0) is 13.7. The van der Waals surface area contributed by atoms with Gasteiger partial charge in [0.05, 0.1) is 0 Å².